The normalized spacial score (nSPS) is 19.6. The van der Waals surface area contributed by atoms with Crippen LogP contribution in [-0.2, 0) is 6.42 Å². The van der Waals surface area contributed by atoms with Crippen molar-refractivity contribution < 1.29 is 4.42 Å². The molecule has 88 valence electrons. The minimum absolute atomic E-state index is 0.224. The number of rotatable bonds is 4. The summed E-state index contributed by atoms with van der Waals surface area (Å²) in [6.07, 6.45) is 2.93. The number of nitrogens with one attached hydrogen (secondary N) is 1. The quantitative estimate of drug-likeness (QED) is 0.786. The summed E-state index contributed by atoms with van der Waals surface area (Å²) in [4.78, 5) is 2.40. The SMILES string of the molecule is C=C[C@@H](c1ccc(CC)o1)N1CCNCC1. The highest BCUT2D eigenvalue weighted by Crippen LogP contribution is 2.24. The maximum Gasteiger partial charge on any atom is 0.125 e. The summed E-state index contributed by atoms with van der Waals surface area (Å²) in [6, 6.07) is 4.36. The summed E-state index contributed by atoms with van der Waals surface area (Å²) < 4.78 is 5.81. The Morgan fingerprint density at radius 2 is 2.25 bits per heavy atom. The Morgan fingerprint density at radius 1 is 1.50 bits per heavy atom. The van der Waals surface area contributed by atoms with Crippen molar-refractivity contribution in [2.75, 3.05) is 26.2 Å². The van der Waals surface area contributed by atoms with Crippen molar-refractivity contribution >= 4 is 0 Å². The van der Waals surface area contributed by atoms with Gasteiger partial charge in [-0.1, -0.05) is 13.0 Å². The van der Waals surface area contributed by atoms with Gasteiger partial charge in [-0.15, -0.1) is 6.58 Å². The molecule has 0 radical (unpaired) electrons. The van der Waals surface area contributed by atoms with Crippen LogP contribution in [0.25, 0.3) is 0 Å². The van der Waals surface area contributed by atoms with Gasteiger partial charge in [0.15, 0.2) is 0 Å². The molecule has 1 aromatic rings. The second kappa shape index (κ2) is 5.32. The van der Waals surface area contributed by atoms with Crippen molar-refractivity contribution in [2.45, 2.75) is 19.4 Å². The molecule has 0 unspecified atom stereocenters. The van der Waals surface area contributed by atoms with Crippen LogP contribution in [0.4, 0.5) is 0 Å². The molecule has 1 atom stereocenters. The van der Waals surface area contributed by atoms with Crippen LogP contribution in [0.2, 0.25) is 0 Å². The maximum atomic E-state index is 5.81. The number of hydrogen-bond acceptors (Lipinski definition) is 3. The van der Waals surface area contributed by atoms with Crippen LogP contribution in [0, 0.1) is 0 Å². The van der Waals surface area contributed by atoms with Gasteiger partial charge in [0.1, 0.15) is 11.5 Å². The number of hydrogen-bond donors (Lipinski definition) is 1. The van der Waals surface area contributed by atoms with Crippen molar-refractivity contribution in [2.24, 2.45) is 0 Å². The molecule has 1 fully saturated rings. The van der Waals surface area contributed by atoms with Crippen LogP contribution in [0.5, 0.6) is 0 Å². The second-order valence-corrected chi connectivity index (χ2v) is 4.12. The predicted octanol–water partition coefficient (Wildman–Crippen LogP) is 1.97. The maximum absolute atomic E-state index is 5.81. The molecule has 0 amide bonds. The van der Waals surface area contributed by atoms with Crippen molar-refractivity contribution in [1.82, 2.24) is 10.2 Å². The average molecular weight is 220 g/mol. The molecular formula is C13H20N2O. The summed E-state index contributed by atoms with van der Waals surface area (Å²) in [5.74, 6) is 2.07. The third-order valence-electron chi connectivity index (χ3n) is 3.09. The lowest BCUT2D eigenvalue weighted by molar-refractivity contribution is 0.184. The third-order valence-corrected chi connectivity index (χ3v) is 3.09. The van der Waals surface area contributed by atoms with Crippen LogP contribution in [-0.4, -0.2) is 31.1 Å². The van der Waals surface area contributed by atoms with Gasteiger partial charge in [-0.3, -0.25) is 4.90 Å². The molecule has 2 heterocycles. The highest BCUT2D eigenvalue weighted by Gasteiger charge is 2.21. The Morgan fingerprint density at radius 3 is 2.81 bits per heavy atom. The van der Waals surface area contributed by atoms with E-state index in [4.69, 9.17) is 4.42 Å². The smallest absolute Gasteiger partial charge is 0.125 e. The lowest BCUT2D eigenvalue weighted by Gasteiger charge is -2.31. The average Bonchev–Trinajstić information content (AvgIpc) is 2.80. The number of furan rings is 1. The van der Waals surface area contributed by atoms with Crippen molar-refractivity contribution in [1.29, 1.82) is 0 Å². The van der Waals surface area contributed by atoms with Gasteiger partial charge in [0.25, 0.3) is 0 Å². The Kier molecular flexibility index (Phi) is 3.80. The molecule has 16 heavy (non-hydrogen) atoms. The van der Waals surface area contributed by atoms with Gasteiger partial charge < -0.3 is 9.73 Å². The molecule has 1 saturated heterocycles. The van der Waals surface area contributed by atoms with Crippen LogP contribution in [0.1, 0.15) is 24.5 Å². The fraction of sp³-hybridized carbons (Fsp3) is 0.538. The number of piperazine rings is 1. The number of nitrogens with zero attached hydrogens (tertiary/aromatic N) is 1. The molecule has 0 aromatic carbocycles. The summed E-state index contributed by atoms with van der Waals surface area (Å²) in [7, 11) is 0. The molecule has 1 aromatic heterocycles. The van der Waals surface area contributed by atoms with Gasteiger partial charge >= 0.3 is 0 Å². The van der Waals surface area contributed by atoms with Crippen molar-refractivity contribution in [3.05, 3.63) is 36.3 Å². The van der Waals surface area contributed by atoms with E-state index in [9.17, 15) is 0 Å². The van der Waals surface area contributed by atoms with Gasteiger partial charge in [0.05, 0.1) is 6.04 Å². The molecule has 2 rings (SSSR count). The van der Waals surface area contributed by atoms with Crippen molar-refractivity contribution in [3.8, 4) is 0 Å². The molecule has 1 aliphatic heterocycles. The Labute approximate surface area is 97.1 Å². The van der Waals surface area contributed by atoms with Crippen molar-refractivity contribution in [3.63, 3.8) is 0 Å². The van der Waals surface area contributed by atoms with E-state index in [0.717, 1.165) is 44.1 Å². The summed E-state index contributed by atoms with van der Waals surface area (Å²) in [5.41, 5.74) is 0. The highest BCUT2D eigenvalue weighted by atomic mass is 16.3. The molecule has 0 bridgehead atoms. The van der Waals surface area contributed by atoms with Gasteiger partial charge in [0.2, 0.25) is 0 Å². The van der Waals surface area contributed by atoms with E-state index < -0.39 is 0 Å². The van der Waals surface area contributed by atoms with E-state index in [1.165, 1.54) is 0 Å². The van der Waals surface area contributed by atoms with Gasteiger partial charge in [-0.05, 0) is 12.1 Å². The standard InChI is InChI=1S/C13H20N2O/c1-3-11-5-6-13(16-11)12(4-2)15-9-7-14-8-10-15/h4-6,12,14H,2-3,7-10H2,1H3/t12-/m0/s1. The zero-order chi connectivity index (χ0) is 11.4. The van der Waals surface area contributed by atoms with Gasteiger partial charge in [0, 0.05) is 32.6 Å². The summed E-state index contributed by atoms with van der Waals surface area (Å²) in [6.45, 7) is 10.2. The third kappa shape index (κ3) is 2.36. The Bertz CT molecular complexity index is 339. The van der Waals surface area contributed by atoms with Crippen LogP contribution in [0.15, 0.2) is 29.2 Å². The number of aryl methyl sites for hydroxylation is 1. The van der Waals surface area contributed by atoms with E-state index >= 15 is 0 Å². The first-order chi connectivity index (χ1) is 7.85. The molecule has 0 spiro atoms. The lowest BCUT2D eigenvalue weighted by Crippen LogP contribution is -2.44. The summed E-state index contributed by atoms with van der Waals surface area (Å²) >= 11 is 0. The Balaban J connectivity index is 2.11. The monoisotopic (exact) mass is 220 g/mol. The fourth-order valence-corrected chi connectivity index (χ4v) is 2.15. The topological polar surface area (TPSA) is 28.4 Å². The zero-order valence-electron chi connectivity index (χ0n) is 9.91. The van der Waals surface area contributed by atoms with Crippen LogP contribution >= 0.6 is 0 Å². The van der Waals surface area contributed by atoms with E-state index in [1.54, 1.807) is 0 Å². The van der Waals surface area contributed by atoms with E-state index in [0.29, 0.717) is 0 Å². The first kappa shape index (κ1) is 11.4. The fourth-order valence-electron chi connectivity index (χ4n) is 2.15. The second-order valence-electron chi connectivity index (χ2n) is 4.12. The zero-order valence-corrected chi connectivity index (χ0v) is 9.91. The predicted molar refractivity (Wildman–Crippen MR) is 65.5 cm³/mol. The van der Waals surface area contributed by atoms with Crippen LogP contribution in [0.3, 0.4) is 0 Å². The van der Waals surface area contributed by atoms with Gasteiger partial charge in [-0.2, -0.15) is 0 Å². The molecule has 1 N–H and O–H groups in total. The van der Waals surface area contributed by atoms with E-state index in [1.807, 2.05) is 6.08 Å². The van der Waals surface area contributed by atoms with Crippen LogP contribution < -0.4 is 5.32 Å². The molecule has 3 nitrogen and oxygen atoms in total. The lowest BCUT2D eigenvalue weighted by atomic mass is 10.1. The van der Waals surface area contributed by atoms with Gasteiger partial charge in [-0.25, -0.2) is 0 Å². The molecule has 0 aliphatic carbocycles. The molecule has 0 saturated carbocycles. The minimum atomic E-state index is 0.224. The summed E-state index contributed by atoms with van der Waals surface area (Å²) in [5, 5.41) is 3.35. The molecule has 1 aliphatic rings. The van der Waals surface area contributed by atoms with E-state index in [-0.39, 0.29) is 6.04 Å². The first-order valence-electron chi connectivity index (χ1n) is 6.01. The highest BCUT2D eigenvalue weighted by molar-refractivity contribution is 5.15. The van der Waals surface area contributed by atoms with E-state index in [2.05, 4.69) is 35.9 Å². The Hall–Kier alpha value is -1.06. The molecule has 3 heteroatoms. The molecular weight excluding hydrogens is 200 g/mol. The largest absolute Gasteiger partial charge is 0.464 e. The first-order valence-corrected chi connectivity index (χ1v) is 6.01. The minimum Gasteiger partial charge on any atom is -0.464 e.